The van der Waals surface area contributed by atoms with E-state index in [1.54, 1.807) is 6.92 Å². The number of benzene rings is 1. The Morgan fingerprint density at radius 3 is 1.94 bits per heavy atom. The summed E-state index contributed by atoms with van der Waals surface area (Å²) >= 11 is 0. The third-order valence-corrected chi connectivity index (χ3v) is 1.82. The first-order valence-electron chi connectivity index (χ1n) is 5.94. The molecule has 1 N–H and O–H groups in total. The summed E-state index contributed by atoms with van der Waals surface area (Å²) in [4.78, 5) is 11.1. The van der Waals surface area contributed by atoms with E-state index >= 15 is 0 Å². The first kappa shape index (κ1) is 21.0. The molecule has 0 aliphatic heterocycles. The van der Waals surface area contributed by atoms with E-state index in [2.05, 4.69) is 5.32 Å². The third kappa shape index (κ3) is 7.56. The minimum atomic E-state index is 0. The second-order valence-electron chi connectivity index (χ2n) is 2.86. The van der Waals surface area contributed by atoms with E-state index in [1.807, 2.05) is 59.9 Å². The lowest BCUT2D eigenvalue weighted by Gasteiger charge is -2.06. The van der Waals surface area contributed by atoms with Crippen LogP contribution in [-0.4, -0.2) is 12.8 Å². The molecule has 0 heterocycles. The Hall–Kier alpha value is -1.31. The van der Waals surface area contributed by atoms with E-state index in [-0.39, 0.29) is 13.2 Å². The molecular formula is C15H29NO. The molecule has 0 amide bonds. The number of aryl methyl sites for hydroxylation is 1. The summed E-state index contributed by atoms with van der Waals surface area (Å²) in [6.45, 7) is 11.6. The first-order valence-corrected chi connectivity index (χ1v) is 5.94. The Morgan fingerprint density at radius 1 is 1.12 bits per heavy atom. The van der Waals surface area contributed by atoms with Crippen molar-refractivity contribution in [2.75, 3.05) is 12.4 Å². The summed E-state index contributed by atoms with van der Waals surface area (Å²) in [7, 11) is 1.82. The second kappa shape index (κ2) is 12.8. The fourth-order valence-corrected chi connectivity index (χ4v) is 1.17. The smallest absolute Gasteiger partial charge is 0.161 e. The van der Waals surface area contributed by atoms with Gasteiger partial charge in [-0.3, -0.25) is 4.79 Å². The number of hydrogen-bond acceptors (Lipinski definition) is 2. The van der Waals surface area contributed by atoms with E-state index in [0.717, 1.165) is 16.8 Å². The number of ketones is 1. The maximum atomic E-state index is 11.1. The zero-order chi connectivity index (χ0) is 13.1. The number of hydrogen-bond donors (Lipinski definition) is 1. The summed E-state index contributed by atoms with van der Waals surface area (Å²) in [5.74, 6) is 0.100. The van der Waals surface area contributed by atoms with Gasteiger partial charge >= 0.3 is 0 Å². The highest BCUT2D eigenvalue weighted by molar-refractivity contribution is 5.99. The Morgan fingerprint density at radius 2 is 1.59 bits per heavy atom. The van der Waals surface area contributed by atoms with Crippen molar-refractivity contribution in [2.45, 2.75) is 49.0 Å². The van der Waals surface area contributed by atoms with Crippen LogP contribution in [0.3, 0.4) is 0 Å². The minimum absolute atomic E-state index is 0. The Labute approximate surface area is 107 Å². The quantitative estimate of drug-likeness (QED) is 0.741. The molecule has 0 aliphatic rings. The van der Waals surface area contributed by atoms with Crippen LogP contribution in [0.25, 0.3) is 0 Å². The summed E-state index contributed by atoms with van der Waals surface area (Å²) < 4.78 is 0. The minimum Gasteiger partial charge on any atom is -0.388 e. The fraction of sp³-hybridized carbons (Fsp3) is 0.533. The van der Waals surface area contributed by atoms with Crippen molar-refractivity contribution in [3.63, 3.8) is 0 Å². The maximum absolute atomic E-state index is 11.1. The number of carbonyl (C=O) groups excluding carboxylic acids is 1. The van der Waals surface area contributed by atoms with Crippen LogP contribution in [0.5, 0.6) is 0 Å². The number of nitrogens with one attached hydrogen (secondary N) is 1. The molecule has 0 saturated heterocycles. The van der Waals surface area contributed by atoms with Crippen LogP contribution < -0.4 is 5.32 Å². The molecule has 17 heavy (non-hydrogen) atoms. The zero-order valence-corrected chi connectivity index (χ0v) is 11.6. The lowest BCUT2D eigenvalue weighted by molar-refractivity contribution is 0.101. The number of anilines is 1. The van der Waals surface area contributed by atoms with Crippen LogP contribution in [-0.2, 0) is 0 Å². The van der Waals surface area contributed by atoms with Crippen molar-refractivity contribution in [1.82, 2.24) is 0 Å². The van der Waals surface area contributed by atoms with Gasteiger partial charge in [0.25, 0.3) is 0 Å². The Balaban J connectivity index is -0.000000355. The molecule has 0 spiro atoms. The average molecular weight is 239 g/mol. The lowest BCUT2D eigenvalue weighted by Crippen LogP contribution is -2.00. The molecule has 1 aromatic carbocycles. The van der Waals surface area contributed by atoms with Crippen molar-refractivity contribution in [3.05, 3.63) is 29.3 Å². The molecule has 0 fully saturated rings. The van der Waals surface area contributed by atoms with Crippen LogP contribution >= 0.6 is 0 Å². The summed E-state index contributed by atoms with van der Waals surface area (Å²) in [5, 5.41) is 2.98. The molecule has 2 heteroatoms. The van der Waals surface area contributed by atoms with E-state index in [0.29, 0.717) is 0 Å². The van der Waals surface area contributed by atoms with Gasteiger partial charge in [-0.1, -0.05) is 46.8 Å². The number of Topliss-reactive ketones (excluding diaryl/α,β-unsaturated/α-hetero) is 1. The molecule has 0 radical (unpaired) electrons. The van der Waals surface area contributed by atoms with Crippen molar-refractivity contribution >= 4 is 11.5 Å². The molecule has 0 aromatic heterocycles. The van der Waals surface area contributed by atoms with Crippen LogP contribution in [0.1, 0.15) is 58.0 Å². The predicted molar refractivity (Wildman–Crippen MR) is 80.2 cm³/mol. The molecule has 0 unspecified atom stereocenters. The fourth-order valence-electron chi connectivity index (χ4n) is 1.17. The Bertz CT molecular complexity index is 306. The maximum Gasteiger partial charge on any atom is 0.161 e. The van der Waals surface area contributed by atoms with Crippen LogP contribution in [0.15, 0.2) is 18.2 Å². The molecule has 1 rings (SSSR count). The molecular weight excluding hydrogens is 210 g/mol. The van der Waals surface area contributed by atoms with Gasteiger partial charge in [0.1, 0.15) is 0 Å². The number of rotatable bonds is 2. The molecule has 0 bridgehead atoms. The second-order valence-corrected chi connectivity index (χ2v) is 2.86. The predicted octanol–water partition coefficient (Wildman–Crippen LogP) is 4.93. The largest absolute Gasteiger partial charge is 0.388 e. The van der Waals surface area contributed by atoms with Crippen molar-refractivity contribution in [2.24, 2.45) is 0 Å². The zero-order valence-electron chi connectivity index (χ0n) is 11.6. The molecule has 1 aromatic rings. The van der Waals surface area contributed by atoms with Gasteiger partial charge in [-0.2, -0.15) is 0 Å². The third-order valence-electron chi connectivity index (χ3n) is 1.82. The summed E-state index contributed by atoms with van der Waals surface area (Å²) in [6.07, 6.45) is 0. The molecule has 0 saturated carbocycles. The van der Waals surface area contributed by atoms with Gasteiger partial charge in [-0.25, -0.2) is 0 Å². The lowest BCUT2D eigenvalue weighted by atomic mass is 10.1. The van der Waals surface area contributed by atoms with Crippen molar-refractivity contribution in [1.29, 1.82) is 0 Å². The summed E-state index contributed by atoms with van der Waals surface area (Å²) in [6, 6.07) is 5.80. The van der Waals surface area contributed by atoms with E-state index in [1.165, 1.54) is 0 Å². The molecule has 0 aliphatic carbocycles. The first-order chi connectivity index (χ1) is 7.65. The standard InChI is InChI=1S/C10H13NO.2C2H6.CH4/c1-7-4-5-10(11-3)9(6-7)8(2)12;2*1-2;/h4-6,11H,1-3H3;2*1-2H3;1H4. The highest BCUT2D eigenvalue weighted by atomic mass is 16.1. The molecule has 2 nitrogen and oxygen atoms in total. The molecule has 0 atom stereocenters. The number of carbonyl (C=O) groups is 1. The van der Waals surface area contributed by atoms with Gasteiger partial charge in [-0.05, 0) is 26.0 Å². The Kier molecular flexibility index (Phi) is 15.8. The van der Waals surface area contributed by atoms with Gasteiger partial charge in [0.05, 0.1) is 0 Å². The monoisotopic (exact) mass is 239 g/mol. The van der Waals surface area contributed by atoms with Crippen molar-refractivity contribution in [3.8, 4) is 0 Å². The SMILES string of the molecule is C.CC.CC.CNc1ccc(C)cc1C(C)=O. The summed E-state index contributed by atoms with van der Waals surface area (Å²) in [5.41, 5.74) is 2.77. The highest BCUT2D eigenvalue weighted by Gasteiger charge is 2.04. The van der Waals surface area contributed by atoms with E-state index in [9.17, 15) is 4.79 Å². The normalized spacial score (nSPS) is 7.47. The van der Waals surface area contributed by atoms with E-state index < -0.39 is 0 Å². The van der Waals surface area contributed by atoms with Crippen molar-refractivity contribution < 1.29 is 4.79 Å². The average Bonchev–Trinajstić information content (AvgIpc) is 2.34. The van der Waals surface area contributed by atoms with Crippen LogP contribution in [0.2, 0.25) is 0 Å². The van der Waals surface area contributed by atoms with Gasteiger partial charge in [-0.15, -0.1) is 0 Å². The van der Waals surface area contributed by atoms with Crippen LogP contribution in [0.4, 0.5) is 5.69 Å². The van der Waals surface area contributed by atoms with Gasteiger partial charge < -0.3 is 5.32 Å². The highest BCUT2D eigenvalue weighted by Crippen LogP contribution is 2.16. The molecule has 100 valence electrons. The van der Waals surface area contributed by atoms with Gasteiger partial charge in [0.15, 0.2) is 5.78 Å². The van der Waals surface area contributed by atoms with Gasteiger partial charge in [0.2, 0.25) is 0 Å². The van der Waals surface area contributed by atoms with Crippen LogP contribution in [0, 0.1) is 6.92 Å². The van der Waals surface area contributed by atoms with E-state index in [4.69, 9.17) is 0 Å². The van der Waals surface area contributed by atoms with Gasteiger partial charge in [0, 0.05) is 18.3 Å². The topological polar surface area (TPSA) is 29.1 Å².